The van der Waals surface area contributed by atoms with E-state index in [1.165, 1.54) is 0 Å². The molecule has 3 N–H and O–H groups in total. The summed E-state index contributed by atoms with van der Waals surface area (Å²) in [5.74, 6) is 3.54. The molecule has 1 aliphatic rings. The second kappa shape index (κ2) is 10.2. The molecule has 0 aliphatic carbocycles. The van der Waals surface area contributed by atoms with Crippen LogP contribution in [0.25, 0.3) is 0 Å². The summed E-state index contributed by atoms with van der Waals surface area (Å²) in [6.07, 6.45) is -0.479. The normalized spacial score (nSPS) is 16.9. The monoisotopic (exact) mass is 438 g/mol. The van der Waals surface area contributed by atoms with Crippen molar-refractivity contribution in [1.29, 1.82) is 0 Å². The number of aromatic hydroxyl groups is 1. The van der Waals surface area contributed by atoms with Gasteiger partial charge in [0.25, 0.3) is 0 Å². The van der Waals surface area contributed by atoms with Crippen LogP contribution in [0.4, 0.5) is 0 Å². The fourth-order valence-corrected chi connectivity index (χ4v) is 3.69. The predicted octanol–water partition coefficient (Wildman–Crippen LogP) is 2.93. The van der Waals surface area contributed by atoms with E-state index in [0.29, 0.717) is 42.7 Å². The Kier molecular flexibility index (Phi) is 6.87. The van der Waals surface area contributed by atoms with E-state index in [1.54, 1.807) is 26.4 Å². The predicted molar refractivity (Wildman–Crippen MR) is 119 cm³/mol. The molecule has 0 spiro atoms. The van der Waals surface area contributed by atoms with Gasteiger partial charge in [-0.1, -0.05) is 30.3 Å². The number of phenolic OH excluding ortho intramolecular Hbond substituents is 1. The Morgan fingerprint density at radius 3 is 2.16 bits per heavy atom. The molecule has 7 nitrogen and oxygen atoms in total. The summed E-state index contributed by atoms with van der Waals surface area (Å²) in [6.45, 7) is 1.86. The van der Waals surface area contributed by atoms with Gasteiger partial charge in [0.05, 0.1) is 14.2 Å². The molecule has 0 amide bonds. The lowest BCUT2D eigenvalue weighted by Gasteiger charge is -2.33. The van der Waals surface area contributed by atoms with Crippen molar-refractivity contribution < 1.29 is 34.1 Å². The number of methoxy groups -OCH3 is 2. The summed E-state index contributed by atoms with van der Waals surface area (Å²) < 4.78 is 29.2. The number of hydrogen-bond acceptors (Lipinski definition) is 6. The van der Waals surface area contributed by atoms with Gasteiger partial charge in [-0.15, -0.1) is 0 Å². The van der Waals surface area contributed by atoms with E-state index in [-0.39, 0.29) is 18.0 Å². The highest BCUT2D eigenvalue weighted by Gasteiger charge is 2.34. The maximum absolute atomic E-state index is 9.64. The number of quaternary nitrogens is 1. The van der Waals surface area contributed by atoms with E-state index < -0.39 is 0 Å². The van der Waals surface area contributed by atoms with Gasteiger partial charge in [-0.2, -0.15) is 0 Å². The third kappa shape index (κ3) is 4.84. The molecule has 7 heteroatoms. The molecular formula is C25H28NO6+. The summed E-state index contributed by atoms with van der Waals surface area (Å²) in [5.41, 5.74) is 0.950. The van der Waals surface area contributed by atoms with Crippen molar-refractivity contribution in [3.63, 3.8) is 0 Å². The third-order valence-electron chi connectivity index (χ3n) is 5.29. The average Bonchev–Trinajstić information content (AvgIpc) is 2.83. The van der Waals surface area contributed by atoms with E-state index in [4.69, 9.17) is 23.7 Å². The molecule has 0 unspecified atom stereocenters. The number of ether oxygens (including phenoxy) is 5. The molecule has 3 aromatic rings. The van der Waals surface area contributed by atoms with Gasteiger partial charge in [-0.3, -0.25) is 0 Å². The topological polar surface area (TPSA) is 83.0 Å². The SMILES string of the molecule is COc1cccc(OC)c1OCC[NH2+]C[C@H]1Oc2ccccc2O[C@H]1c1ccc(O)cc1. The molecule has 0 bridgehead atoms. The summed E-state index contributed by atoms with van der Waals surface area (Å²) in [6, 6.07) is 20.3. The standard InChI is InChI=1S/C25H27NO6/c1-28-21-8-5-9-22(29-2)25(21)30-15-14-26-16-23-24(17-10-12-18(27)13-11-17)32-20-7-4-3-6-19(20)31-23/h3-13,23-24,26-27H,14-16H2,1-2H3/p+1/t23-,24+/m1/s1. The molecule has 4 rings (SSSR count). The molecule has 0 saturated heterocycles. The summed E-state index contributed by atoms with van der Waals surface area (Å²) in [5, 5.41) is 11.8. The molecule has 0 aromatic heterocycles. The Labute approximate surface area is 187 Å². The molecule has 2 atom stereocenters. The fraction of sp³-hybridized carbons (Fsp3) is 0.280. The smallest absolute Gasteiger partial charge is 0.203 e. The Balaban J connectivity index is 1.38. The van der Waals surface area contributed by atoms with Crippen molar-refractivity contribution >= 4 is 0 Å². The first-order valence-corrected chi connectivity index (χ1v) is 10.6. The van der Waals surface area contributed by atoms with Crippen LogP contribution in [-0.2, 0) is 0 Å². The zero-order chi connectivity index (χ0) is 22.3. The van der Waals surface area contributed by atoms with Gasteiger partial charge in [-0.05, 0) is 42.0 Å². The van der Waals surface area contributed by atoms with Crippen molar-refractivity contribution in [3.05, 3.63) is 72.3 Å². The Hall–Kier alpha value is -3.58. The van der Waals surface area contributed by atoms with Crippen LogP contribution >= 0.6 is 0 Å². The largest absolute Gasteiger partial charge is 0.508 e. The first kappa shape index (κ1) is 21.6. The van der Waals surface area contributed by atoms with Crippen LogP contribution in [0.1, 0.15) is 11.7 Å². The van der Waals surface area contributed by atoms with Gasteiger partial charge >= 0.3 is 0 Å². The Bertz CT molecular complexity index is 1000. The minimum Gasteiger partial charge on any atom is -0.508 e. The highest BCUT2D eigenvalue weighted by Crippen LogP contribution is 2.39. The lowest BCUT2D eigenvalue weighted by Crippen LogP contribution is -2.88. The number of para-hydroxylation sites is 3. The van der Waals surface area contributed by atoms with Crippen LogP contribution in [-0.4, -0.2) is 45.1 Å². The zero-order valence-corrected chi connectivity index (χ0v) is 18.2. The van der Waals surface area contributed by atoms with Crippen LogP contribution in [0, 0.1) is 0 Å². The maximum Gasteiger partial charge on any atom is 0.203 e. The van der Waals surface area contributed by atoms with Crippen LogP contribution in [0.2, 0.25) is 0 Å². The molecule has 0 saturated carbocycles. The van der Waals surface area contributed by atoms with Gasteiger partial charge in [0.1, 0.15) is 25.4 Å². The summed E-state index contributed by atoms with van der Waals surface area (Å²) in [4.78, 5) is 0. The van der Waals surface area contributed by atoms with Crippen LogP contribution in [0.5, 0.6) is 34.5 Å². The molecule has 168 valence electrons. The van der Waals surface area contributed by atoms with Crippen molar-refractivity contribution in [3.8, 4) is 34.5 Å². The van der Waals surface area contributed by atoms with Gasteiger partial charge in [0, 0.05) is 0 Å². The number of benzene rings is 3. The van der Waals surface area contributed by atoms with Crippen molar-refractivity contribution in [1.82, 2.24) is 0 Å². The first-order valence-electron chi connectivity index (χ1n) is 10.6. The zero-order valence-electron chi connectivity index (χ0n) is 18.2. The lowest BCUT2D eigenvalue weighted by molar-refractivity contribution is -0.662. The molecular weight excluding hydrogens is 410 g/mol. The van der Waals surface area contributed by atoms with Crippen molar-refractivity contribution in [2.45, 2.75) is 12.2 Å². The average molecular weight is 439 g/mol. The van der Waals surface area contributed by atoms with E-state index in [2.05, 4.69) is 5.32 Å². The van der Waals surface area contributed by atoms with E-state index in [9.17, 15) is 5.11 Å². The minimum absolute atomic E-state index is 0.199. The number of rotatable bonds is 9. The van der Waals surface area contributed by atoms with Crippen LogP contribution < -0.4 is 29.0 Å². The Morgan fingerprint density at radius 1 is 0.844 bits per heavy atom. The quantitative estimate of drug-likeness (QED) is 0.500. The number of phenols is 1. The van der Waals surface area contributed by atoms with Gasteiger partial charge < -0.3 is 34.1 Å². The van der Waals surface area contributed by atoms with E-state index in [1.807, 2.05) is 54.6 Å². The van der Waals surface area contributed by atoms with Crippen LogP contribution in [0.3, 0.4) is 0 Å². The van der Waals surface area contributed by atoms with Crippen LogP contribution in [0.15, 0.2) is 66.7 Å². The molecule has 0 fully saturated rings. The number of nitrogens with two attached hydrogens (primary N) is 1. The highest BCUT2D eigenvalue weighted by atomic mass is 16.6. The first-order chi connectivity index (χ1) is 15.7. The van der Waals surface area contributed by atoms with Gasteiger partial charge in [0.15, 0.2) is 35.2 Å². The lowest BCUT2D eigenvalue weighted by atomic mass is 10.0. The van der Waals surface area contributed by atoms with Crippen molar-refractivity contribution in [2.75, 3.05) is 33.9 Å². The van der Waals surface area contributed by atoms with Gasteiger partial charge in [-0.25, -0.2) is 0 Å². The summed E-state index contributed by atoms with van der Waals surface area (Å²) >= 11 is 0. The second-order valence-corrected chi connectivity index (χ2v) is 7.39. The molecule has 32 heavy (non-hydrogen) atoms. The minimum atomic E-state index is -0.281. The number of hydrogen-bond donors (Lipinski definition) is 2. The van der Waals surface area contributed by atoms with E-state index in [0.717, 1.165) is 11.3 Å². The van der Waals surface area contributed by atoms with Gasteiger partial charge in [0.2, 0.25) is 5.75 Å². The molecule has 0 radical (unpaired) electrons. The third-order valence-corrected chi connectivity index (χ3v) is 5.29. The van der Waals surface area contributed by atoms with Crippen molar-refractivity contribution in [2.24, 2.45) is 0 Å². The number of fused-ring (bicyclic) bond motifs is 1. The maximum atomic E-state index is 9.64. The summed E-state index contributed by atoms with van der Waals surface area (Å²) in [7, 11) is 3.21. The fourth-order valence-electron chi connectivity index (χ4n) is 3.69. The molecule has 1 heterocycles. The Morgan fingerprint density at radius 2 is 1.50 bits per heavy atom. The molecule has 1 aliphatic heterocycles. The second-order valence-electron chi connectivity index (χ2n) is 7.39. The highest BCUT2D eigenvalue weighted by molar-refractivity contribution is 5.51. The van der Waals surface area contributed by atoms with E-state index >= 15 is 0 Å². The molecule has 3 aromatic carbocycles.